The molecule has 0 saturated carbocycles. The summed E-state index contributed by atoms with van der Waals surface area (Å²) in [6.45, 7) is 9.62. The van der Waals surface area contributed by atoms with Crippen LogP contribution in [0.15, 0.2) is 23.3 Å². The van der Waals surface area contributed by atoms with E-state index in [-0.39, 0.29) is 5.97 Å². The van der Waals surface area contributed by atoms with Crippen LogP contribution in [-0.2, 0) is 7.86 Å². The molecule has 0 aliphatic rings. The van der Waals surface area contributed by atoms with E-state index in [4.69, 9.17) is 0 Å². The largest absolute Gasteiger partial charge is 0.391 e. The minimum absolute atomic E-state index is 0.288. The standard InChI is InChI=1S/C8H11IO2.C2H6/c1-4-5-7(6(2)3)8(10)11-9;1-2/h4-5H,1-3H3;1-2H3/b5-4-;. The molecule has 0 radical (unpaired) electrons. The predicted molar refractivity (Wildman–Crippen MR) is 64.6 cm³/mol. The van der Waals surface area contributed by atoms with Gasteiger partial charge in [-0.15, -0.1) is 0 Å². The van der Waals surface area contributed by atoms with Crippen LogP contribution < -0.4 is 0 Å². The smallest absolute Gasteiger partial charge is 0.347 e. The Morgan fingerprint density at radius 1 is 1.31 bits per heavy atom. The average Bonchev–Trinajstić information content (AvgIpc) is 2.15. The van der Waals surface area contributed by atoms with Gasteiger partial charge in [0.2, 0.25) is 0 Å². The molecule has 0 rings (SSSR count). The van der Waals surface area contributed by atoms with E-state index in [1.165, 1.54) is 0 Å². The molecule has 0 aromatic rings. The van der Waals surface area contributed by atoms with Crippen LogP contribution in [0, 0.1) is 0 Å². The van der Waals surface area contributed by atoms with Crippen molar-refractivity contribution < 1.29 is 7.86 Å². The van der Waals surface area contributed by atoms with E-state index in [1.807, 2.05) is 40.7 Å². The first kappa shape index (κ1) is 15.2. The zero-order chi connectivity index (χ0) is 10.9. The summed E-state index contributed by atoms with van der Waals surface area (Å²) in [6.07, 6.45) is 3.56. The molecule has 3 heteroatoms. The minimum atomic E-state index is -0.288. The maximum Gasteiger partial charge on any atom is 0.347 e. The van der Waals surface area contributed by atoms with Crippen molar-refractivity contribution in [1.29, 1.82) is 0 Å². The summed E-state index contributed by atoms with van der Waals surface area (Å²) in [5, 5.41) is 0. The molecule has 0 bridgehead atoms. The van der Waals surface area contributed by atoms with Crippen molar-refractivity contribution in [2.75, 3.05) is 0 Å². The lowest BCUT2D eigenvalue weighted by molar-refractivity contribution is -0.126. The van der Waals surface area contributed by atoms with Crippen LogP contribution in [-0.4, -0.2) is 5.97 Å². The van der Waals surface area contributed by atoms with Crippen LogP contribution in [0.25, 0.3) is 0 Å². The van der Waals surface area contributed by atoms with Gasteiger partial charge in [0.05, 0.1) is 5.57 Å². The summed E-state index contributed by atoms with van der Waals surface area (Å²) < 4.78 is 4.55. The monoisotopic (exact) mass is 296 g/mol. The van der Waals surface area contributed by atoms with Crippen molar-refractivity contribution in [2.45, 2.75) is 34.6 Å². The van der Waals surface area contributed by atoms with E-state index in [0.717, 1.165) is 5.57 Å². The second kappa shape index (κ2) is 9.77. The van der Waals surface area contributed by atoms with E-state index in [2.05, 4.69) is 3.07 Å². The molecule has 0 aromatic carbocycles. The Labute approximate surface area is 94.7 Å². The molecule has 0 unspecified atom stereocenters. The van der Waals surface area contributed by atoms with Crippen LogP contribution in [0.3, 0.4) is 0 Å². The summed E-state index contributed by atoms with van der Waals surface area (Å²) in [5.41, 5.74) is 1.59. The van der Waals surface area contributed by atoms with Gasteiger partial charge < -0.3 is 3.07 Å². The highest BCUT2D eigenvalue weighted by Gasteiger charge is 2.07. The molecule has 0 atom stereocenters. The van der Waals surface area contributed by atoms with Crippen LogP contribution in [0.2, 0.25) is 0 Å². The van der Waals surface area contributed by atoms with Gasteiger partial charge >= 0.3 is 5.97 Å². The third-order valence-electron chi connectivity index (χ3n) is 1.16. The van der Waals surface area contributed by atoms with Gasteiger partial charge in [0.15, 0.2) is 23.0 Å². The molecule has 13 heavy (non-hydrogen) atoms. The quantitative estimate of drug-likeness (QED) is 0.440. The van der Waals surface area contributed by atoms with Crippen LogP contribution in [0.5, 0.6) is 0 Å². The fraction of sp³-hybridized carbons (Fsp3) is 0.500. The van der Waals surface area contributed by atoms with Crippen LogP contribution in [0.1, 0.15) is 34.6 Å². The Kier molecular flexibility index (Phi) is 11.4. The molecule has 0 heterocycles. The maximum absolute atomic E-state index is 11.0. The molecule has 0 saturated heterocycles. The normalized spacial score (nSPS) is 8.77. The number of halogens is 1. The molecular formula is C10H17IO2. The van der Waals surface area contributed by atoms with E-state index >= 15 is 0 Å². The molecule has 2 nitrogen and oxygen atoms in total. The molecule has 0 amide bonds. The molecule has 76 valence electrons. The zero-order valence-corrected chi connectivity index (χ0v) is 11.0. The van der Waals surface area contributed by atoms with Crippen molar-refractivity contribution in [3.05, 3.63) is 23.3 Å². The van der Waals surface area contributed by atoms with E-state index in [1.54, 1.807) is 29.1 Å². The first-order chi connectivity index (χ1) is 6.13. The predicted octanol–water partition coefficient (Wildman–Crippen LogP) is 3.82. The minimum Gasteiger partial charge on any atom is -0.391 e. The molecular weight excluding hydrogens is 279 g/mol. The number of carbonyl (C=O) groups is 1. The second-order valence-electron chi connectivity index (χ2n) is 2.28. The fourth-order valence-electron chi connectivity index (χ4n) is 0.647. The first-order valence-electron chi connectivity index (χ1n) is 4.26. The highest BCUT2D eigenvalue weighted by Crippen LogP contribution is 2.09. The molecule has 0 aliphatic heterocycles. The summed E-state index contributed by atoms with van der Waals surface area (Å²) in [7, 11) is 0. The van der Waals surface area contributed by atoms with Crippen molar-refractivity contribution in [3.63, 3.8) is 0 Å². The van der Waals surface area contributed by atoms with Gasteiger partial charge in [-0.3, -0.25) is 0 Å². The van der Waals surface area contributed by atoms with Crippen molar-refractivity contribution >= 4 is 29.0 Å². The van der Waals surface area contributed by atoms with Gasteiger partial charge in [-0.05, 0) is 20.8 Å². The second-order valence-corrected chi connectivity index (χ2v) is 2.72. The fourth-order valence-corrected chi connectivity index (χ4v) is 0.884. The van der Waals surface area contributed by atoms with Crippen molar-refractivity contribution in [2.24, 2.45) is 0 Å². The lowest BCUT2D eigenvalue weighted by atomic mass is 10.1. The Hall–Kier alpha value is -0.320. The zero-order valence-electron chi connectivity index (χ0n) is 8.85. The van der Waals surface area contributed by atoms with Gasteiger partial charge in [-0.1, -0.05) is 31.6 Å². The van der Waals surface area contributed by atoms with Gasteiger partial charge in [-0.2, -0.15) is 0 Å². The molecule has 0 aliphatic carbocycles. The maximum atomic E-state index is 11.0. The Balaban J connectivity index is 0. The number of carbonyl (C=O) groups excluding carboxylic acids is 1. The van der Waals surface area contributed by atoms with E-state index < -0.39 is 0 Å². The third kappa shape index (κ3) is 6.81. The van der Waals surface area contributed by atoms with Crippen LogP contribution in [0.4, 0.5) is 0 Å². The number of hydrogen-bond donors (Lipinski definition) is 0. The summed E-state index contributed by atoms with van der Waals surface area (Å²) >= 11 is 1.58. The lowest BCUT2D eigenvalue weighted by Gasteiger charge is -1.99. The molecule has 0 spiro atoms. The summed E-state index contributed by atoms with van der Waals surface area (Å²) in [4.78, 5) is 11.0. The third-order valence-corrected chi connectivity index (χ3v) is 1.56. The van der Waals surface area contributed by atoms with Gasteiger partial charge in [0.25, 0.3) is 0 Å². The lowest BCUT2D eigenvalue weighted by Crippen LogP contribution is -2.00. The van der Waals surface area contributed by atoms with Gasteiger partial charge in [-0.25, -0.2) is 4.79 Å². The highest BCUT2D eigenvalue weighted by molar-refractivity contribution is 14.1. The Morgan fingerprint density at radius 2 is 1.77 bits per heavy atom. The molecule has 0 fully saturated rings. The Morgan fingerprint density at radius 3 is 2.00 bits per heavy atom. The SMILES string of the molecule is C/C=C\C(C(=O)OI)=C(C)C.CC. The van der Waals surface area contributed by atoms with Crippen molar-refractivity contribution in [3.8, 4) is 0 Å². The molecule has 0 N–H and O–H groups in total. The number of hydrogen-bond acceptors (Lipinski definition) is 2. The van der Waals surface area contributed by atoms with Crippen LogP contribution >= 0.6 is 23.0 Å². The van der Waals surface area contributed by atoms with Crippen molar-refractivity contribution in [1.82, 2.24) is 0 Å². The summed E-state index contributed by atoms with van der Waals surface area (Å²) in [5.74, 6) is -0.288. The van der Waals surface area contributed by atoms with Gasteiger partial charge in [0, 0.05) is 0 Å². The number of allylic oxidation sites excluding steroid dienone is 2. The topological polar surface area (TPSA) is 26.3 Å². The highest BCUT2D eigenvalue weighted by atomic mass is 127. The first-order valence-corrected chi connectivity index (χ1v) is 5.14. The Bertz CT molecular complexity index is 201. The van der Waals surface area contributed by atoms with E-state index in [9.17, 15) is 4.79 Å². The number of rotatable bonds is 2. The van der Waals surface area contributed by atoms with Gasteiger partial charge in [0.1, 0.15) is 0 Å². The average molecular weight is 296 g/mol. The van der Waals surface area contributed by atoms with E-state index in [0.29, 0.717) is 5.57 Å². The molecule has 0 aromatic heterocycles. The summed E-state index contributed by atoms with van der Waals surface area (Å²) in [6, 6.07) is 0.